The van der Waals surface area contributed by atoms with E-state index in [2.05, 4.69) is 44.8 Å². The van der Waals surface area contributed by atoms with Gasteiger partial charge in [0.25, 0.3) is 0 Å². The zero-order valence-electron chi connectivity index (χ0n) is 11.8. The Hall–Kier alpha value is -0.0800. The zero-order valence-corrected chi connectivity index (χ0v) is 11.8. The van der Waals surface area contributed by atoms with Gasteiger partial charge < -0.3 is 5.32 Å². The van der Waals surface area contributed by atoms with Crippen molar-refractivity contribution in [3.05, 3.63) is 0 Å². The molecule has 0 spiro atoms. The Kier molecular flexibility index (Phi) is 5.77. The molecule has 1 saturated carbocycles. The van der Waals surface area contributed by atoms with E-state index in [1.165, 1.54) is 25.9 Å². The van der Waals surface area contributed by atoms with Crippen molar-refractivity contribution in [1.29, 1.82) is 0 Å². The molecule has 2 nitrogen and oxygen atoms in total. The van der Waals surface area contributed by atoms with Crippen LogP contribution in [0.2, 0.25) is 0 Å². The van der Waals surface area contributed by atoms with Crippen molar-refractivity contribution < 1.29 is 0 Å². The standard InChI is InChI=1S/C14H30N2/c1-6-15-14(11(2)3)10-16(12(4)5)9-13-7-8-13/h11-15H,6-10H2,1-5H3. The maximum Gasteiger partial charge on any atom is 0.0217 e. The van der Waals surface area contributed by atoms with Gasteiger partial charge in [0.15, 0.2) is 0 Å². The van der Waals surface area contributed by atoms with Gasteiger partial charge in [0.1, 0.15) is 0 Å². The molecule has 1 fully saturated rings. The second kappa shape index (κ2) is 6.61. The van der Waals surface area contributed by atoms with Crippen LogP contribution in [0.15, 0.2) is 0 Å². The SMILES string of the molecule is CCNC(CN(CC1CC1)C(C)C)C(C)C. The van der Waals surface area contributed by atoms with Crippen molar-refractivity contribution >= 4 is 0 Å². The molecule has 1 atom stereocenters. The van der Waals surface area contributed by atoms with Crippen LogP contribution in [0.25, 0.3) is 0 Å². The Labute approximate surface area is 102 Å². The van der Waals surface area contributed by atoms with Crippen molar-refractivity contribution in [2.75, 3.05) is 19.6 Å². The monoisotopic (exact) mass is 226 g/mol. The highest BCUT2D eigenvalue weighted by Gasteiger charge is 2.27. The van der Waals surface area contributed by atoms with E-state index in [9.17, 15) is 0 Å². The van der Waals surface area contributed by atoms with Gasteiger partial charge in [0.2, 0.25) is 0 Å². The fraction of sp³-hybridized carbons (Fsp3) is 1.00. The molecule has 0 amide bonds. The van der Waals surface area contributed by atoms with E-state index in [0.717, 1.165) is 18.4 Å². The van der Waals surface area contributed by atoms with Crippen LogP contribution < -0.4 is 5.32 Å². The Bertz CT molecular complexity index is 185. The predicted octanol–water partition coefficient (Wildman–Crippen LogP) is 2.74. The van der Waals surface area contributed by atoms with Crippen LogP contribution in [0, 0.1) is 11.8 Å². The third-order valence-electron chi connectivity index (χ3n) is 3.62. The quantitative estimate of drug-likeness (QED) is 0.684. The second-order valence-corrected chi connectivity index (χ2v) is 5.90. The number of nitrogens with zero attached hydrogens (tertiary/aromatic N) is 1. The molecule has 0 saturated heterocycles. The molecule has 0 aromatic carbocycles. The lowest BCUT2D eigenvalue weighted by Gasteiger charge is -2.33. The third-order valence-corrected chi connectivity index (χ3v) is 3.62. The van der Waals surface area contributed by atoms with Crippen LogP contribution in [0.1, 0.15) is 47.5 Å². The van der Waals surface area contributed by atoms with Gasteiger partial charge in [-0.25, -0.2) is 0 Å². The molecule has 0 aromatic rings. The molecular formula is C14H30N2. The molecule has 1 rings (SSSR count). The summed E-state index contributed by atoms with van der Waals surface area (Å²) in [6.45, 7) is 15.1. The van der Waals surface area contributed by atoms with Crippen molar-refractivity contribution in [2.45, 2.75) is 59.5 Å². The first kappa shape index (κ1) is 14.0. The van der Waals surface area contributed by atoms with Crippen LogP contribution >= 0.6 is 0 Å². The van der Waals surface area contributed by atoms with E-state index >= 15 is 0 Å². The molecule has 0 bridgehead atoms. The molecular weight excluding hydrogens is 196 g/mol. The molecule has 16 heavy (non-hydrogen) atoms. The first-order valence-electron chi connectivity index (χ1n) is 7.02. The summed E-state index contributed by atoms with van der Waals surface area (Å²) < 4.78 is 0. The molecule has 1 aliphatic rings. The van der Waals surface area contributed by atoms with E-state index in [1.54, 1.807) is 0 Å². The normalized spacial score (nSPS) is 18.8. The van der Waals surface area contributed by atoms with Gasteiger partial charge in [-0.3, -0.25) is 4.90 Å². The molecule has 1 N–H and O–H groups in total. The molecule has 1 unspecified atom stereocenters. The maximum absolute atomic E-state index is 3.62. The third kappa shape index (κ3) is 4.84. The van der Waals surface area contributed by atoms with Crippen molar-refractivity contribution in [1.82, 2.24) is 10.2 Å². The zero-order chi connectivity index (χ0) is 12.1. The molecule has 0 heterocycles. The number of hydrogen-bond acceptors (Lipinski definition) is 2. The smallest absolute Gasteiger partial charge is 0.0217 e. The number of likely N-dealkylation sites (N-methyl/N-ethyl adjacent to an activating group) is 1. The lowest BCUT2D eigenvalue weighted by atomic mass is 10.0. The summed E-state index contributed by atoms with van der Waals surface area (Å²) in [5.74, 6) is 1.72. The average Bonchev–Trinajstić information content (AvgIpc) is 2.99. The topological polar surface area (TPSA) is 15.3 Å². The summed E-state index contributed by atoms with van der Waals surface area (Å²) in [5.41, 5.74) is 0. The molecule has 0 radical (unpaired) electrons. The van der Waals surface area contributed by atoms with Gasteiger partial charge in [-0.2, -0.15) is 0 Å². The van der Waals surface area contributed by atoms with Gasteiger partial charge in [-0.1, -0.05) is 20.8 Å². The first-order chi connectivity index (χ1) is 7.54. The fourth-order valence-corrected chi connectivity index (χ4v) is 2.15. The number of rotatable bonds is 8. The molecule has 0 aliphatic heterocycles. The van der Waals surface area contributed by atoms with Crippen LogP contribution in [-0.4, -0.2) is 36.6 Å². The van der Waals surface area contributed by atoms with Gasteiger partial charge in [-0.15, -0.1) is 0 Å². The highest BCUT2D eigenvalue weighted by atomic mass is 15.2. The minimum absolute atomic E-state index is 0.645. The Morgan fingerprint density at radius 1 is 1.19 bits per heavy atom. The van der Waals surface area contributed by atoms with Crippen LogP contribution in [-0.2, 0) is 0 Å². The first-order valence-corrected chi connectivity index (χ1v) is 7.02. The largest absolute Gasteiger partial charge is 0.313 e. The van der Waals surface area contributed by atoms with Crippen molar-refractivity contribution in [2.24, 2.45) is 11.8 Å². The Morgan fingerprint density at radius 3 is 2.19 bits per heavy atom. The molecule has 1 aliphatic carbocycles. The van der Waals surface area contributed by atoms with Crippen molar-refractivity contribution in [3.8, 4) is 0 Å². The van der Waals surface area contributed by atoms with Gasteiger partial charge >= 0.3 is 0 Å². The fourth-order valence-electron chi connectivity index (χ4n) is 2.15. The predicted molar refractivity (Wildman–Crippen MR) is 71.7 cm³/mol. The summed E-state index contributed by atoms with van der Waals surface area (Å²) in [7, 11) is 0. The molecule has 96 valence electrons. The van der Waals surface area contributed by atoms with Gasteiger partial charge in [0, 0.05) is 25.2 Å². The summed E-state index contributed by atoms with van der Waals surface area (Å²) in [5, 5.41) is 3.62. The summed E-state index contributed by atoms with van der Waals surface area (Å²) in [6.07, 6.45) is 2.91. The Balaban J connectivity index is 2.42. The van der Waals surface area contributed by atoms with Crippen LogP contribution in [0.4, 0.5) is 0 Å². The minimum atomic E-state index is 0.645. The Morgan fingerprint density at radius 2 is 1.81 bits per heavy atom. The van der Waals surface area contributed by atoms with Gasteiger partial charge in [-0.05, 0) is 45.1 Å². The molecule has 0 aromatic heterocycles. The number of hydrogen-bond donors (Lipinski definition) is 1. The minimum Gasteiger partial charge on any atom is -0.313 e. The highest BCUT2D eigenvalue weighted by Crippen LogP contribution is 2.30. The second-order valence-electron chi connectivity index (χ2n) is 5.90. The van der Waals surface area contributed by atoms with E-state index in [-0.39, 0.29) is 0 Å². The van der Waals surface area contributed by atoms with E-state index in [4.69, 9.17) is 0 Å². The maximum atomic E-state index is 3.62. The lowest BCUT2D eigenvalue weighted by Crippen LogP contribution is -2.47. The highest BCUT2D eigenvalue weighted by molar-refractivity contribution is 4.82. The van der Waals surface area contributed by atoms with E-state index < -0.39 is 0 Å². The lowest BCUT2D eigenvalue weighted by molar-refractivity contribution is 0.173. The summed E-state index contributed by atoms with van der Waals surface area (Å²) in [6, 6.07) is 1.33. The summed E-state index contributed by atoms with van der Waals surface area (Å²) in [4.78, 5) is 2.66. The average molecular weight is 226 g/mol. The van der Waals surface area contributed by atoms with E-state index in [0.29, 0.717) is 12.1 Å². The number of nitrogens with one attached hydrogen (secondary N) is 1. The van der Waals surface area contributed by atoms with Gasteiger partial charge in [0.05, 0.1) is 0 Å². The van der Waals surface area contributed by atoms with Crippen LogP contribution in [0.3, 0.4) is 0 Å². The summed E-state index contributed by atoms with van der Waals surface area (Å²) >= 11 is 0. The van der Waals surface area contributed by atoms with Crippen molar-refractivity contribution in [3.63, 3.8) is 0 Å². The molecule has 2 heteroatoms. The van der Waals surface area contributed by atoms with E-state index in [1.807, 2.05) is 0 Å². The van der Waals surface area contributed by atoms with Crippen LogP contribution in [0.5, 0.6) is 0 Å².